The van der Waals surface area contributed by atoms with Crippen molar-refractivity contribution in [2.24, 2.45) is 5.92 Å². The topological polar surface area (TPSA) is 26.3 Å². The van der Waals surface area contributed by atoms with Gasteiger partial charge in [0.1, 0.15) is 5.25 Å². The summed E-state index contributed by atoms with van der Waals surface area (Å²) < 4.78 is 5.26. The van der Waals surface area contributed by atoms with Crippen molar-refractivity contribution in [1.82, 2.24) is 0 Å². The first kappa shape index (κ1) is 13.3. The second-order valence-electron chi connectivity index (χ2n) is 4.93. The fraction of sp³-hybridized carbons (Fsp3) is 0.235. The average Bonchev–Trinajstić information content (AvgIpc) is 2.83. The first-order chi connectivity index (χ1) is 9.83. The van der Waals surface area contributed by atoms with Crippen molar-refractivity contribution in [3.63, 3.8) is 0 Å². The molecule has 1 fully saturated rings. The van der Waals surface area contributed by atoms with Crippen LogP contribution in [0.25, 0.3) is 0 Å². The van der Waals surface area contributed by atoms with Crippen LogP contribution in [0.5, 0.6) is 0 Å². The Morgan fingerprint density at radius 2 is 1.65 bits per heavy atom. The summed E-state index contributed by atoms with van der Waals surface area (Å²) in [5.74, 6) is 0.162. The van der Waals surface area contributed by atoms with Crippen LogP contribution in [0.15, 0.2) is 65.6 Å². The van der Waals surface area contributed by atoms with Crippen LogP contribution in [-0.4, -0.2) is 17.8 Å². The summed E-state index contributed by atoms with van der Waals surface area (Å²) in [6, 6.07) is 20.3. The summed E-state index contributed by atoms with van der Waals surface area (Å²) in [6.07, 6.45) is 0.886. The van der Waals surface area contributed by atoms with Crippen molar-refractivity contribution >= 4 is 17.7 Å². The second-order valence-corrected chi connectivity index (χ2v) is 6.15. The Kier molecular flexibility index (Phi) is 4.07. The number of esters is 1. The van der Waals surface area contributed by atoms with Crippen molar-refractivity contribution in [3.05, 3.63) is 66.2 Å². The highest BCUT2D eigenvalue weighted by Gasteiger charge is 2.37. The molecule has 0 N–H and O–H groups in total. The maximum Gasteiger partial charge on any atom is 0.319 e. The van der Waals surface area contributed by atoms with Gasteiger partial charge in [0, 0.05) is 10.8 Å². The molecule has 0 amide bonds. The summed E-state index contributed by atoms with van der Waals surface area (Å²) >= 11 is 1.61. The minimum atomic E-state index is -0.0994. The van der Waals surface area contributed by atoms with E-state index in [1.807, 2.05) is 48.5 Å². The third kappa shape index (κ3) is 3.05. The lowest BCUT2D eigenvalue weighted by Crippen LogP contribution is -2.20. The normalized spacial score (nSPS) is 21.7. The molecule has 3 heteroatoms. The summed E-state index contributed by atoms with van der Waals surface area (Å²) in [4.78, 5) is 13.1. The van der Waals surface area contributed by atoms with Crippen molar-refractivity contribution in [2.75, 3.05) is 6.61 Å². The van der Waals surface area contributed by atoms with E-state index in [9.17, 15) is 4.79 Å². The molecular formula is C17H16O2S. The number of rotatable bonds is 4. The second kappa shape index (κ2) is 6.14. The predicted octanol–water partition coefficient (Wildman–Crippen LogP) is 3.56. The Labute approximate surface area is 123 Å². The van der Waals surface area contributed by atoms with Crippen LogP contribution in [0.1, 0.15) is 5.56 Å². The van der Waals surface area contributed by atoms with E-state index in [4.69, 9.17) is 4.74 Å². The molecule has 1 aliphatic rings. The maximum atomic E-state index is 11.9. The van der Waals surface area contributed by atoms with E-state index in [1.54, 1.807) is 11.8 Å². The summed E-state index contributed by atoms with van der Waals surface area (Å²) in [5.41, 5.74) is 1.26. The highest BCUT2D eigenvalue weighted by atomic mass is 32.2. The highest BCUT2D eigenvalue weighted by molar-refractivity contribution is 8.00. The molecule has 0 bridgehead atoms. The zero-order valence-electron chi connectivity index (χ0n) is 11.1. The van der Waals surface area contributed by atoms with Crippen LogP contribution in [0.4, 0.5) is 0 Å². The zero-order valence-corrected chi connectivity index (χ0v) is 11.9. The Hall–Kier alpha value is -1.74. The third-order valence-corrected chi connectivity index (χ3v) is 4.82. The van der Waals surface area contributed by atoms with Crippen LogP contribution in [-0.2, 0) is 16.0 Å². The minimum absolute atomic E-state index is 0.0835. The largest absolute Gasteiger partial charge is 0.464 e. The number of carbonyl (C=O) groups excluding carboxylic acids is 1. The van der Waals surface area contributed by atoms with Gasteiger partial charge in [-0.25, -0.2) is 0 Å². The van der Waals surface area contributed by atoms with Crippen LogP contribution in [0.3, 0.4) is 0 Å². The van der Waals surface area contributed by atoms with Gasteiger partial charge in [0.05, 0.1) is 6.61 Å². The number of thioether (sulfide) groups is 1. The molecule has 0 saturated carbocycles. The third-order valence-electron chi connectivity index (χ3n) is 3.45. The van der Waals surface area contributed by atoms with E-state index in [0.29, 0.717) is 6.61 Å². The zero-order chi connectivity index (χ0) is 13.8. The summed E-state index contributed by atoms with van der Waals surface area (Å²) in [6.45, 7) is 0.526. The number of hydrogen-bond acceptors (Lipinski definition) is 3. The molecule has 1 heterocycles. The van der Waals surface area contributed by atoms with Crippen molar-refractivity contribution < 1.29 is 9.53 Å². The van der Waals surface area contributed by atoms with E-state index in [-0.39, 0.29) is 17.1 Å². The van der Waals surface area contributed by atoms with Gasteiger partial charge in [-0.15, -0.1) is 11.8 Å². The number of ether oxygens (including phenoxy) is 1. The molecule has 1 saturated heterocycles. The smallest absolute Gasteiger partial charge is 0.319 e. The molecule has 2 atom stereocenters. The molecule has 2 aromatic carbocycles. The molecular weight excluding hydrogens is 268 g/mol. The lowest BCUT2D eigenvalue weighted by Gasteiger charge is -2.14. The SMILES string of the molecule is O=C1OCC(Cc2ccccc2)C1Sc1ccccc1. The van der Waals surface area contributed by atoms with Crippen molar-refractivity contribution in [2.45, 2.75) is 16.6 Å². The van der Waals surface area contributed by atoms with Gasteiger partial charge < -0.3 is 4.74 Å². The molecule has 1 aliphatic heterocycles. The molecule has 0 spiro atoms. The van der Waals surface area contributed by atoms with Gasteiger partial charge in [0.15, 0.2) is 0 Å². The van der Waals surface area contributed by atoms with Crippen molar-refractivity contribution in [1.29, 1.82) is 0 Å². The lowest BCUT2D eigenvalue weighted by atomic mass is 9.98. The standard InChI is InChI=1S/C17H16O2S/c18-17-16(20-15-9-5-2-6-10-15)14(12-19-17)11-13-7-3-1-4-8-13/h1-10,14,16H,11-12H2. The Morgan fingerprint density at radius 3 is 2.35 bits per heavy atom. The van der Waals surface area contributed by atoms with Crippen LogP contribution in [0.2, 0.25) is 0 Å². The number of hydrogen-bond donors (Lipinski definition) is 0. The minimum Gasteiger partial charge on any atom is -0.464 e. The van der Waals surface area contributed by atoms with Crippen molar-refractivity contribution in [3.8, 4) is 0 Å². The van der Waals surface area contributed by atoms with E-state index in [1.165, 1.54) is 5.56 Å². The van der Waals surface area contributed by atoms with E-state index < -0.39 is 0 Å². The summed E-state index contributed by atoms with van der Waals surface area (Å²) in [7, 11) is 0. The first-order valence-electron chi connectivity index (χ1n) is 6.75. The van der Waals surface area contributed by atoms with Crippen LogP contribution in [0, 0.1) is 5.92 Å². The Balaban J connectivity index is 1.72. The maximum absolute atomic E-state index is 11.9. The quantitative estimate of drug-likeness (QED) is 0.803. The van der Waals surface area contributed by atoms with Crippen LogP contribution >= 0.6 is 11.8 Å². The van der Waals surface area contributed by atoms with Gasteiger partial charge in [-0.3, -0.25) is 4.79 Å². The van der Waals surface area contributed by atoms with E-state index >= 15 is 0 Å². The fourth-order valence-corrected chi connectivity index (χ4v) is 3.56. The molecule has 0 aromatic heterocycles. The average molecular weight is 284 g/mol. The molecule has 102 valence electrons. The van der Waals surface area contributed by atoms with Gasteiger partial charge >= 0.3 is 5.97 Å². The molecule has 2 nitrogen and oxygen atoms in total. The van der Waals surface area contributed by atoms with Gasteiger partial charge in [-0.1, -0.05) is 48.5 Å². The number of carbonyl (C=O) groups is 1. The van der Waals surface area contributed by atoms with Gasteiger partial charge in [-0.05, 0) is 24.1 Å². The molecule has 0 aliphatic carbocycles. The number of benzene rings is 2. The fourth-order valence-electron chi connectivity index (χ4n) is 2.42. The molecule has 20 heavy (non-hydrogen) atoms. The van der Waals surface area contributed by atoms with Gasteiger partial charge in [-0.2, -0.15) is 0 Å². The van der Waals surface area contributed by atoms with Crippen LogP contribution < -0.4 is 0 Å². The lowest BCUT2D eigenvalue weighted by molar-refractivity contribution is -0.137. The Morgan fingerprint density at radius 1 is 1.00 bits per heavy atom. The summed E-state index contributed by atoms with van der Waals surface area (Å²) in [5, 5.41) is -0.0994. The Bertz CT molecular complexity index is 568. The molecule has 2 aromatic rings. The molecule has 3 rings (SSSR count). The first-order valence-corrected chi connectivity index (χ1v) is 7.63. The van der Waals surface area contributed by atoms with Gasteiger partial charge in [0.25, 0.3) is 0 Å². The monoisotopic (exact) mass is 284 g/mol. The van der Waals surface area contributed by atoms with E-state index in [0.717, 1.165) is 11.3 Å². The van der Waals surface area contributed by atoms with E-state index in [2.05, 4.69) is 12.1 Å². The number of cyclic esters (lactones) is 1. The molecule has 0 radical (unpaired) electrons. The van der Waals surface area contributed by atoms with Gasteiger partial charge in [0.2, 0.25) is 0 Å². The predicted molar refractivity (Wildman–Crippen MR) is 80.7 cm³/mol. The molecule has 2 unspecified atom stereocenters. The highest BCUT2D eigenvalue weighted by Crippen LogP contribution is 2.34.